The summed E-state index contributed by atoms with van der Waals surface area (Å²) in [5.41, 5.74) is 7.01. The van der Waals surface area contributed by atoms with E-state index < -0.39 is 5.97 Å². The minimum Gasteiger partial charge on any atom is -0.312 e. The second-order valence-electron chi connectivity index (χ2n) is 6.24. The Morgan fingerprint density at radius 2 is 1.69 bits per heavy atom. The summed E-state index contributed by atoms with van der Waals surface area (Å²) in [5, 5.41) is 4.34. The van der Waals surface area contributed by atoms with Crippen LogP contribution < -0.4 is 0 Å². The Morgan fingerprint density at radius 3 is 2.54 bits per heavy atom. The van der Waals surface area contributed by atoms with Gasteiger partial charge in [0.2, 0.25) is 0 Å². The monoisotopic (exact) mass is 361 g/mol. The van der Waals surface area contributed by atoms with Crippen molar-refractivity contribution in [3.8, 4) is 11.1 Å². The Bertz CT molecular complexity index is 1040. The molecule has 0 spiro atoms. The van der Waals surface area contributed by atoms with E-state index in [2.05, 4.69) is 41.6 Å². The van der Waals surface area contributed by atoms with Crippen molar-refractivity contribution in [1.82, 2.24) is 0 Å². The van der Waals surface area contributed by atoms with E-state index in [4.69, 9.17) is 16.4 Å². The fraction of sp³-hybridized carbons (Fsp3) is 0.0909. The molecule has 0 unspecified atom stereocenters. The molecular weight excluding hydrogens is 346 g/mol. The second-order valence-corrected chi connectivity index (χ2v) is 6.65. The standard InChI is InChI=1S/C22H16ClNO2/c1-14(24-26-22(25)20-8-4-5-9-21(20)23)15-10-11-19-17(12-15)13-16-6-2-3-7-18(16)19/h2-12H,13H2,1H3/b24-14-. The Morgan fingerprint density at radius 1 is 0.962 bits per heavy atom. The van der Waals surface area contributed by atoms with Crippen LogP contribution in [0.1, 0.15) is 34.0 Å². The van der Waals surface area contributed by atoms with Crippen LogP contribution in [-0.4, -0.2) is 11.7 Å². The summed E-state index contributed by atoms with van der Waals surface area (Å²) in [6, 6.07) is 21.4. The summed E-state index contributed by atoms with van der Waals surface area (Å²) in [6.45, 7) is 1.82. The molecule has 3 aromatic rings. The molecule has 0 bridgehead atoms. The highest BCUT2D eigenvalue weighted by Crippen LogP contribution is 2.36. The Labute approximate surface area is 156 Å². The minimum atomic E-state index is -0.566. The summed E-state index contributed by atoms with van der Waals surface area (Å²) in [5.74, 6) is -0.566. The number of halogens is 1. The first-order valence-corrected chi connectivity index (χ1v) is 8.73. The first-order chi connectivity index (χ1) is 12.6. The first-order valence-electron chi connectivity index (χ1n) is 8.35. The van der Waals surface area contributed by atoms with Gasteiger partial charge in [-0.25, -0.2) is 4.79 Å². The molecule has 26 heavy (non-hydrogen) atoms. The summed E-state index contributed by atoms with van der Waals surface area (Å²) >= 11 is 6.01. The van der Waals surface area contributed by atoms with Crippen molar-refractivity contribution in [2.45, 2.75) is 13.3 Å². The Kier molecular flexibility index (Phi) is 4.31. The molecule has 128 valence electrons. The molecule has 3 aromatic carbocycles. The van der Waals surface area contributed by atoms with E-state index in [0.29, 0.717) is 16.3 Å². The molecule has 4 heteroatoms. The lowest BCUT2D eigenvalue weighted by atomic mass is 10.0. The van der Waals surface area contributed by atoms with Crippen molar-refractivity contribution in [2.24, 2.45) is 5.16 Å². The van der Waals surface area contributed by atoms with Crippen molar-refractivity contribution in [3.63, 3.8) is 0 Å². The molecule has 3 nitrogen and oxygen atoms in total. The van der Waals surface area contributed by atoms with Gasteiger partial charge < -0.3 is 4.84 Å². The molecule has 0 amide bonds. The zero-order chi connectivity index (χ0) is 18.1. The van der Waals surface area contributed by atoms with Crippen LogP contribution in [-0.2, 0) is 11.3 Å². The van der Waals surface area contributed by atoms with Crippen LogP contribution in [0.15, 0.2) is 71.9 Å². The normalized spacial score (nSPS) is 12.5. The number of carbonyl (C=O) groups is 1. The minimum absolute atomic E-state index is 0.301. The van der Waals surface area contributed by atoms with Gasteiger partial charge in [0.1, 0.15) is 0 Å². The van der Waals surface area contributed by atoms with E-state index in [1.54, 1.807) is 24.3 Å². The number of hydrogen-bond acceptors (Lipinski definition) is 3. The van der Waals surface area contributed by atoms with Gasteiger partial charge in [-0.15, -0.1) is 0 Å². The molecule has 0 radical (unpaired) electrons. The Hall–Kier alpha value is -2.91. The number of rotatable bonds is 3. The summed E-state index contributed by atoms with van der Waals surface area (Å²) in [7, 11) is 0. The topological polar surface area (TPSA) is 38.7 Å². The van der Waals surface area contributed by atoms with Gasteiger partial charge in [-0.3, -0.25) is 0 Å². The van der Waals surface area contributed by atoms with Crippen molar-refractivity contribution >= 4 is 23.3 Å². The van der Waals surface area contributed by atoms with Crippen LogP contribution in [0.3, 0.4) is 0 Å². The second kappa shape index (κ2) is 6.77. The summed E-state index contributed by atoms with van der Waals surface area (Å²) < 4.78 is 0. The van der Waals surface area contributed by atoms with E-state index in [-0.39, 0.29) is 0 Å². The van der Waals surface area contributed by atoms with Gasteiger partial charge in [-0.05, 0) is 59.4 Å². The number of carbonyl (C=O) groups excluding carboxylic acids is 1. The smallest absolute Gasteiger partial charge is 0.312 e. The van der Waals surface area contributed by atoms with Crippen LogP contribution in [0.25, 0.3) is 11.1 Å². The molecular formula is C22H16ClNO2. The largest absolute Gasteiger partial charge is 0.367 e. The van der Waals surface area contributed by atoms with E-state index in [1.165, 1.54) is 22.3 Å². The fourth-order valence-electron chi connectivity index (χ4n) is 3.21. The van der Waals surface area contributed by atoms with Gasteiger partial charge in [0, 0.05) is 0 Å². The molecule has 1 aliphatic rings. The first kappa shape index (κ1) is 16.6. The van der Waals surface area contributed by atoms with Crippen LogP contribution in [0.4, 0.5) is 0 Å². The highest BCUT2D eigenvalue weighted by molar-refractivity contribution is 6.33. The molecule has 0 heterocycles. The predicted molar refractivity (Wildman–Crippen MR) is 104 cm³/mol. The SMILES string of the molecule is C/C(=N/OC(=O)c1ccccc1Cl)c1ccc2c(c1)Cc1ccccc1-2. The number of oxime groups is 1. The van der Waals surface area contributed by atoms with Crippen molar-refractivity contribution in [1.29, 1.82) is 0 Å². The highest BCUT2D eigenvalue weighted by atomic mass is 35.5. The van der Waals surface area contributed by atoms with E-state index in [9.17, 15) is 4.79 Å². The third-order valence-corrected chi connectivity index (χ3v) is 4.90. The van der Waals surface area contributed by atoms with Crippen LogP contribution in [0.5, 0.6) is 0 Å². The predicted octanol–water partition coefficient (Wildman–Crippen LogP) is 5.49. The van der Waals surface area contributed by atoms with Crippen molar-refractivity contribution in [2.75, 3.05) is 0 Å². The lowest BCUT2D eigenvalue weighted by molar-refractivity contribution is 0.0516. The van der Waals surface area contributed by atoms with E-state index in [1.807, 2.05) is 13.0 Å². The third-order valence-electron chi connectivity index (χ3n) is 4.57. The fourth-order valence-corrected chi connectivity index (χ4v) is 3.42. The average molecular weight is 362 g/mol. The number of nitrogens with zero attached hydrogens (tertiary/aromatic N) is 1. The molecule has 0 atom stereocenters. The van der Waals surface area contributed by atoms with Gasteiger partial charge in [-0.1, -0.05) is 65.3 Å². The Balaban J connectivity index is 1.55. The zero-order valence-electron chi connectivity index (χ0n) is 14.2. The van der Waals surface area contributed by atoms with E-state index >= 15 is 0 Å². The molecule has 0 saturated carbocycles. The highest BCUT2D eigenvalue weighted by Gasteiger charge is 2.18. The van der Waals surface area contributed by atoms with Gasteiger partial charge >= 0.3 is 5.97 Å². The van der Waals surface area contributed by atoms with Crippen LogP contribution >= 0.6 is 11.6 Å². The zero-order valence-corrected chi connectivity index (χ0v) is 15.0. The lowest BCUT2D eigenvalue weighted by Gasteiger charge is -2.05. The number of fused-ring (bicyclic) bond motifs is 3. The van der Waals surface area contributed by atoms with Gasteiger partial charge in [-0.2, -0.15) is 0 Å². The van der Waals surface area contributed by atoms with Crippen molar-refractivity contribution < 1.29 is 9.63 Å². The van der Waals surface area contributed by atoms with Gasteiger partial charge in [0.05, 0.1) is 16.3 Å². The molecule has 1 aliphatic carbocycles. The quantitative estimate of drug-likeness (QED) is 0.275. The summed E-state index contributed by atoms with van der Waals surface area (Å²) in [4.78, 5) is 17.2. The average Bonchev–Trinajstić information content (AvgIpc) is 3.04. The molecule has 0 fully saturated rings. The molecule has 4 rings (SSSR count). The van der Waals surface area contributed by atoms with Gasteiger partial charge in [0.25, 0.3) is 0 Å². The van der Waals surface area contributed by atoms with Gasteiger partial charge in [0.15, 0.2) is 0 Å². The van der Waals surface area contributed by atoms with Crippen molar-refractivity contribution in [3.05, 3.63) is 94.0 Å². The molecule has 0 aliphatic heterocycles. The summed E-state index contributed by atoms with van der Waals surface area (Å²) in [6.07, 6.45) is 0.909. The number of hydrogen-bond donors (Lipinski definition) is 0. The number of benzene rings is 3. The third kappa shape index (κ3) is 3.02. The van der Waals surface area contributed by atoms with Crippen LogP contribution in [0, 0.1) is 0 Å². The molecule has 0 N–H and O–H groups in total. The van der Waals surface area contributed by atoms with E-state index in [0.717, 1.165) is 12.0 Å². The van der Waals surface area contributed by atoms with Crippen LogP contribution in [0.2, 0.25) is 5.02 Å². The maximum Gasteiger partial charge on any atom is 0.367 e. The lowest BCUT2D eigenvalue weighted by Crippen LogP contribution is -2.04. The maximum absolute atomic E-state index is 12.1. The molecule has 0 saturated heterocycles. The maximum atomic E-state index is 12.1. The molecule has 0 aromatic heterocycles.